The van der Waals surface area contributed by atoms with Gasteiger partial charge in [-0.25, -0.2) is 0 Å². The van der Waals surface area contributed by atoms with Crippen LogP contribution >= 0.6 is 0 Å². The largest absolute Gasteiger partial charge is 0.481 e. The second kappa shape index (κ2) is 5.50. The molecule has 0 saturated heterocycles. The summed E-state index contributed by atoms with van der Waals surface area (Å²) < 4.78 is 0. The van der Waals surface area contributed by atoms with Gasteiger partial charge in [-0.05, 0) is 31.1 Å². The van der Waals surface area contributed by atoms with Gasteiger partial charge in [-0.2, -0.15) is 0 Å². The number of hydrogen-bond donors (Lipinski definition) is 2. The van der Waals surface area contributed by atoms with Crippen LogP contribution in [0.2, 0.25) is 0 Å². The Morgan fingerprint density at radius 3 is 2.07 bits per heavy atom. The number of carboxylic acid groups (broad SMARTS) is 1. The number of aliphatic carboxylic acids is 1. The normalized spacial score (nSPS) is 16.1. The second-order valence-electron chi connectivity index (χ2n) is 5.24. The molecule has 0 aliphatic rings. The highest BCUT2D eigenvalue weighted by atomic mass is 16.4. The van der Waals surface area contributed by atoms with Gasteiger partial charge in [0.1, 0.15) is 0 Å². The summed E-state index contributed by atoms with van der Waals surface area (Å²) in [6.45, 7) is 8.04. The summed E-state index contributed by atoms with van der Waals surface area (Å²) in [6.07, 6.45) is 3.01. The number of aliphatic hydroxyl groups is 1. The number of carboxylic acids is 1. The van der Waals surface area contributed by atoms with E-state index in [0.29, 0.717) is 19.3 Å². The lowest BCUT2D eigenvalue weighted by molar-refractivity contribution is -0.137. The number of rotatable bonds is 6. The Kier molecular flexibility index (Phi) is 5.29. The zero-order valence-corrected chi connectivity index (χ0v) is 10.3. The van der Waals surface area contributed by atoms with E-state index in [1.54, 1.807) is 0 Å². The topological polar surface area (TPSA) is 57.5 Å². The predicted molar refractivity (Wildman–Crippen MR) is 60.8 cm³/mol. The maximum atomic E-state index is 10.4. The van der Waals surface area contributed by atoms with Gasteiger partial charge < -0.3 is 10.2 Å². The lowest BCUT2D eigenvalue weighted by atomic mass is 9.72. The highest BCUT2D eigenvalue weighted by Crippen LogP contribution is 2.37. The molecule has 2 N–H and O–H groups in total. The molecular formula is C12H24O3. The van der Waals surface area contributed by atoms with Gasteiger partial charge in [-0.1, -0.05) is 27.7 Å². The molecule has 1 atom stereocenters. The quantitative estimate of drug-likeness (QED) is 0.671. The molecule has 0 aliphatic carbocycles. The Morgan fingerprint density at radius 2 is 1.73 bits per heavy atom. The Labute approximate surface area is 92.5 Å². The summed E-state index contributed by atoms with van der Waals surface area (Å²) in [5.74, 6) is -0.759. The van der Waals surface area contributed by atoms with Gasteiger partial charge in [-0.3, -0.25) is 4.79 Å². The molecule has 1 unspecified atom stereocenters. The van der Waals surface area contributed by atoms with E-state index in [1.807, 2.05) is 27.7 Å². The molecule has 0 bridgehead atoms. The van der Waals surface area contributed by atoms with Crippen molar-refractivity contribution in [2.75, 3.05) is 0 Å². The lowest BCUT2D eigenvalue weighted by Crippen LogP contribution is -2.42. The van der Waals surface area contributed by atoms with Crippen LogP contribution in [0.4, 0.5) is 0 Å². The van der Waals surface area contributed by atoms with Crippen molar-refractivity contribution in [1.29, 1.82) is 0 Å². The molecule has 0 aliphatic heterocycles. The fourth-order valence-electron chi connectivity index (χ4n) is 1.78. The number of unbranched alkanes of at least 4 members (excludes halogenated alkanes) is 1. The van der Waals surface area contributed by atoms with Crippen molar-refractivity contribution in [1.82, 2.24) is 0 Å². The van der Waals surface area contributed by atoms with E-state index in [4.69, 9.17) is 5.11 Å². The van der Waals surface area contributed by atoms with Crippen LogP contribution in [0.5, 0.6) is 0 Å². The van der Waals surface area contributed by atoms with E-state index in [0.717, 1.165) is 6.42 Å². The molecular weight excluding hydrogens is 192 g/mol. The van der Waals surface area contributed by atoms with Crippen molar-refractivity contribution in [3.05, 3.63) is 0 Å². The van der Waals surface area contributed by atoms with E-state index in [1.165, 1.54) is 0 Å². The van der Waals surface area contributed by atoms with Gasteiger partial charge in [0.2, 0.25) is 0 Å². The number of carbonyl (C=O) groups is 1. The monoisotopic (exact) mass is 216 g/mol. The van der Waals surface area contributed by atoms with Gasteiger partial charge >= 0.3 is 5.97 Å². The van der Waals surface area contributed by atoms with E-state index in [2.05, 4.69) is 0 Å². The van der Waals surface area contributed by atoms with Crippen molar-refractivity contribution in [2.24, 2.45) is 5.41 Å². The summed E-state index contributed by atoms with van der Waals surface area (Å²) >= 11 is 0. The summed E-state index contributed by atoms with van der Waals surface area (Å²) in [6, 6.07) is 0. The van der Waals surface area contributed by atoms with Crippen molar-refractivity contribution in [3.63, 3.8) is 0 Å². The summed E-state index contributed by atoms with van der Waals surface area (Å²) in [5.41, 5.74) is -0.823. The van der Waals surface area contributed by atoms with Crippen LogP contribution in [-0.2, 0) is 4.79 Å². The Bertz CT molecular complexity index is 205. The molecule has 0 spiro atoms. The maximum absolute atomic E-state index is 10.4. The standard InChI is InChI=1S/C12H24O3/c1-5-12(15,11(2,3)4)9-7-6-8-10(13)14/h15H,5-9H2,1-4H3,(H,13,14). The molecule has 0 rings (SSSR count). The van der Waals surface area contributed by atoms with Crippen LogP contribution in [0.25, 0.3) is 0 Å². The highest BCUT2D eigenvalue weighted by Gasteiger charge is 2.37. The Morgan fingerprint density at radius 1 is 1.20 bits per heavy atom. The van der Waals surface area contributed by atoms with E-state index in [9.17, 15) is 9.90 Å². The van der Waals surface area contributed by atoms with Crippen LogP contribution in [0.3, 0.4) is 0 Å². The molecule has 0 radical (unpaired) electrons. The third kappa shape index (κ3) is 4.65. The second-order valence-corrected chi connectivity index (χ2v) is 5.24. The predicted octanol–water partition coefficient (Wildman–Crippen LogP) is 2.82. The highest BCUT2D eigenvalue weighted by molar-refractivity contribution is 5.66. The van der Waals surface area contributed by atoms with Crippen LogP contribution in [-0.4, -0.2) is 21.8 Å². The van der Waals surface area contributed by atoms with E-state index in [-0.39, 0.29) is 11.8 Å². The van der Waals surface area contributed by atoms with Gasteiger partial charge in [0.25, 0.3) is 0 Å². The molecule has 3 heteroatoms. The Hall–Kier alpha value is -0.570. The van der Waals surface area contributed by atoms with Gasteiger partial charge in [0.15, 0.2) is 0 Å². The molecule has 0 aromatic rings. The molecule has 0 saturated carbocycles. The molecule has 0 amide bonds. The molecule has 0 aromatic heterocycles. The van der Waals surface area contributed by atoms with Gasteiger partial charge in [0.05, 0.1) is 5.60 Å². The van der Waals surface area contributed by atoms with E-state index < -0.39 is 11.6 Å². The summed E-state index contributed by atoms with van der Waals surface area (Å²) in [5, 5.41) is 18.9. The fourth-order valence-corrected chi connectivity index (χ4v) is 1.78. The first-order valence-corrected chi connectivity index (χ1v) is 5.67. The van der Waals surface area contributed by atoms with Gasteiger partial charge in [0, 0.05) is 6.42 Å². The van der Waals surface area contributed by atoms with Crippen LogP contribution in [0.15, 0.2) is 0 Å². The van der Waals surface area contributed by atoms with Crippen molar-refractivity contribution < 1.29 is 15.0 Å². The fraction of sp³-hybridized carbons (Fsp3) is 0.917. The third-order valence-electron chi connectivity index (χ3n) is 3.21. The average Bonchev–Trinajstić information content (AvgIpc) is 2.09. The molecule has 0 aromatic carbocycles. The van der Waals surface area contributed by atoms with Crippen LogP contribution < -0.4 is 0 Å². The van der Waals surface area contributed by atoms with Gasteiger partial charge in [-0.15, -0.1) is 0 Å². The van der Waals surface area contributed by atoms with E-state index >= 15 is 0 Å². The molecule has 3 nitrogen and oxygen atoms in total. The third-order valence-corrected chi connectivity index (χ3v) is 3.21. The smallest absolute Gasteiger partial charge is 0.303 e. The molecule has 90 valence electrons. The average molecular weight is 216 g/mol. The minimum Gasteiger partial charge on any atom is -0.481 e. The molecule has 0 heterocycles. The lowest BCUT2D eigenvalue weighted by Gasteiger charge is -2.40. The minimum absolute atomic E-state index is 0.148. The summed E-state index contributed by atoms with van der Waals surface area (Å²) in [7, 11) is 0. The zero-order chi connectivity index (χ0) is 12.1. The van der Waals surface area contributed by atoms with Crippen molar-refractivity contribution in [3.8, 4) is 0 Å². The van der Waals surface area contributed by atoms with Crippen molar-refractivity contribution >= 4 is 5.97 Å². The first kappa shape index (κ1) is 14.4. The maximum Gasteiger partial charge on any atom is 0.303 e. The Balaban J connectivity index is 4.06. The summed E-state index contributed by atoms with van der Waals surface area (Å²) in [4.78, 5) is 10.3. The van der Waals surface area contributed by atoms with Crippen LogP contribution in [0.1, 0.15) is 59.8 Å². The minimum atomic E-state index is -0.759. The molecule has 0 fully saturated rings. The SMILES string of the molecule is CCC(O)(CCCCC(=O)O)C(C)(C)C. The molecule has 15 heavy (non-hydrogen) atoms. The van der Waals surface area contributed by atoms with Crippen molar-refractivity contribution in [2.45, 2.75) is 65.4 Å². The van der Waals surface area contributed by atoms with Crippen LogP contribution in [0, 0.1) is 5.41 Å². The first-order valence-electron chi connectivity index (χ1n) is 5.67. The zero-order valence-electron chi connectivity index (χ0n) is 10.3. The first-order chi connectivity index (χ1) is 6.73. The number of hydrogen-bond acceptors (Lipinski definition) is 2.